The van der Waals surface area contributed by atoms with Crippen LogP contribution in [0.2, 0.25) is 0 Å². The second kappa shape index (κ2) is 7.55. The van der Waals surface area contributed by atoms with Crippen molar-refractivity contribution in [1.82, 2.24) is 14.8 Å². The van der Waals surface area contributed by atoms with Gasteiger partial charge in [0.1, 0.15) is 5.82 Å². The number of halogens is 1. The predicted octanol–water partition coefficient (Wildman–Crippen LogP) is 2.23. The number of nitrogens with one attached hydrogen (secondary N) is 1. The van der Waals surface area contributed by atoms with E-state index in [1.165, 1.54) is 22.5 Å². The topological polar surface area (TPSA) is 92.5 Å². The Hall–Kier alpha value is -2.26. The van der Waals surface area contributed by atoms with Gasteiger partial charge in [0, 0.05) is 19.2 Å². The third-order valence-corrected chi connectivity index (χ3v) is 5.62. The summed E-state index contributed by atoms with van der Waals surface area (Å²) in [5, 5.41) is 6.44. The quantitative estimate of drug-likeness (QED) is 0.857. The SMILES string of the molecule is CS(=O)(=O)N1CCCCC1c1cc(C(=O)NCc2ccc(F)cc2)no1. The maximum Gasteiger partial charge on any atom is 0.273 e. The van der Waals surface area contributed by atoms with E-state index in [2.05, 4.69) is 10.5 Å². The number of benzene rings is 1. The number of sulfonamides is 1. The van der Waals surface area contributed by atoms with Crippen LogP contribution in [-0.4, -0.2) is 36.6 Å². The van der Waals surface area contributed by atoms with Crippen LogP contribution in [0.15, 0.2) is 34.9 Å². The van der Waals surface area contributed by atoms with E-state index < -0.39 is 22.0 Å². The molecule has 0 saturated carbocycles. The van der Waals surface area contributed by atoms with Crippen LogP contribution in [-0.2, 0) is 16.6 Å². The van der Waals surface area contributed by atoms with Crippen LogP contribution in [0.4, 0.5) is 4.39 Å². The molecule has 1 unspecified atom stereocenters. The Morgan fingerprint density at radius 1 is 1.35 bits per heavy atom. The highest BCUT2D eigenvalue weighted by Crippen LogP contribution is 2.33. The van der Waals surface area contributed by atoms with E-state index >= 15 is 0 Å². The van der Waals surface area contributed by atoms with Crippen molar-refractivity contribution in [2.24, 2.45) is 0 Å². The number of hydrogen-bond donors (Lipinski definition) is 1. The summed E-state index contributed by atoms with van der Waals surface area (Å²) in [5.74, 6) is -0.419. The Kier molecular flexibility index (Phi) is 5.38. The van der Waals surface area contributed by atoms with E-state index in [0.717, 1.165) is 24.7 Å². The molecule has 9 heteroatoms. The van der Waals surface area contributed by atoms with Crippen LogP contribution in [0.25, 0.3) is 0 Å². The number of nitrogens with zero attached hydrogens (tertiary/aromatic N) is 2. The molecular weight excluding hydrogens is 361 g/mol. The van der Waals surface area contributed by atoms with Gasteiger partial charge in [0.2, 0.25) is 10.0 Å². The Morgan fingerprint density at radius 2 is 2.08 bits per heavy atom. The minimum atomic E-state index is -3.37. The van der Waals surface area contributed by atoms with Gasteiger partial charge in [-0.1, -0.05) is 23.7 Å². The average molecular weight is 381 g/mol. The molecule has 1 aromatic carbocycles. The number of carbonyl (C=O) groups excluding carboxylic acids is 1. The molecule has 0 radical (unpaired) electrons. The minimum Gasteiger partial charge on any atom is -0.359 e. The molecule has 0 aliphatic carbocycles. The molecule has 26 heavy (non-hydrogen) atoms. The Balaban J connectivity index is 1.68. The zero-order valence-electron chi connectivity index (χ0n) is 14.3. The standard InChI is InChI=1S/C17H20FN3O4S/c1-26(23,24)21-9-3-2-4-15(21)16-10-14(20-25-16)17(22)19-11-12-5-7-13(18)8-6-12/h5-8,10,15H,2-4,9,11H2,1H3,(H,19,22). The zero-order chi connectivity index (χ0) is 18.7. The fourth-order valence-corrected chi connectivity index (χ4v) is 4.15. The Morgan fingerprint density at radius 3 is 2.77 bits per heavy atom. The summed E-state index contributed by atoms with van der Waals surface area (Å²) in [7, 11) is -3.37. The molecule has 2 heterocycles. The van der Waals surface area contributed by atoms with Gasteiger partial charge in [0.05, 0.1) is 12.3 Å². The first kappa shape index (κ1) is 18.5. The largest absolute Gasteiger partial charge is 0.359 e. The number of amides is 1. The lowest BCUT2D eigenvalue weighted by molar-refractivity contribution is 0.0941. The monoisotopic (exact) mass is 381 g/mol. The van der Waals surface area contributed by atoms with Gasteiger partial charge in [-0.15, -0.1) is 0 Å². The highest BCUT2D eigenvalue weighted by atomic mass is 32.2. The third kappa shape index (κ3) is 4.28. The van der Waals surface area contributed by atoms with Crippen LogP contribution in [0.5, 0.6) is 0 Å². The van der Waals surface area contributed by atoms with Gasteiger partial charge < -0.3 is 9.84 Å². The van der Waals surface area contributed by atoms with Crippen molar-refractivity contribution < 1.29 is 22.1 Å². The molecule has 140 valence electrons. The highest BCUT2D eigenvalue weighted by Gasteiger charge is 2.33. The van der Waals surface area contributed by atoms with Gasteiger partial charge in [-0.05, 0) is 30.5 Å². The van der Waals surface area contributed by atoms with E-state index in [-0.39, 0.29) is 18.1 Å². The fraction of sp³-hybridized carbons (Fsp3) is 0.412. The normalized spacial score (nSPS) is 18.6. The molecular formula is C17H20FN3O4S. The van der Waals surface area contributed by atoms with Crippen LogP contribution in [0.1, 0.15) is 47.1 Å². The van der Waals surface area contributed by atoms with Gasteiger partial charge in [0.25, 0.3) is 5.91 Å². The second-order valence-electron chi connectivity index (χ2n) is 6.31. The van der Waals surface area contributed by atoms with E-state index in [1.807, 2.05) is 0 Å². The molecule has 1 saturated heterocycles. The van der Waals surface area contributed by atoms with Crippen molar-refractivity contribution in [2.45, 2.75) is 31.8 Å². The minimum absolute atomic E-state index is 0.0844. The Bertz CT molecular complexity index is 880. The van der Waals surface area contributed by atoms with E-state index in [9.17, 15) is 17.6 Å². The number of aromatic nitrogens is 1. The lowest BCUT2D eigenvalue weighted by Crippen LogP contribution is -2.37. The van der Waals surface area contributed by atoms with Crippen molar-refractivity contribution in [1.29, 1.82) is 0 Å². The first-order valence-electron chi connectivity index (χ1n) is 8.30. The van der Waals surface area contributed by atoms with Crippen molar-refractivity contribution in [3.8, 4) is 0 Å². The van der Waals surface area contributed by atoms with Gasteiger partial charge in [-0.2, -0.15) is 4.31 Å². The second-order valence-corrected chi connectivity index (χ2v) is 8.24. The van der Waals surface area contributed by atoms with Gasteiger partial charge in [0.15, 0.2) is 11.5 Å². The molecule has 1 fully saturated rings. The molecule has 1 aromatic heterocycles. The molecule has 1 aliphatic rings. The van der Waals surface area contributed by atoms with Crippen LogP contribution < -0.4 is 5.32 Å². The first-order chi connectivity index (χ1) is 12.3. The summed E-state index contributed by atoms with van der Waals surface area (Å²) >= 11 is 0. The van der Waals surface area contributed by atoms with E-state index in [0.29, 0.717) is 18.7 Å². The first-order valence-corrected chi connectivity index (χ1v) is 10.2. The molecule has 1 atom stereocenters. The fourth-order valence-electron chi connectivity index (χ4n) is 3.01. The number of rotatable bonds is 5. The molecule has 1 N–H and O–H groups in total. The van der Waals surface area contributed by atoms with Crippen molar-refractivity contribution in [2.75, 3.05) is 12.8 Å². The maximum absolute atomic E-state index is 12.9. The molecule has 0 bridgehead atoms. The van der Waals surface area contributed by atoms with Gasteiger partial charge >= 0.3 is 0 Å². The summed E-state index contributed by atoms with van der Waals surface area (Å²) in [6.07, 6.45) is 3.46. The smallest absolute Gasteiger partial charge is 0.273 e. The molecule has 7 nitrogen and oxygen atoms in total. The number of piperidine rings is 1. The molecule has 3 rings (SSSR count). The third-order valence-electron chi connectivity index (χ3n) is 4.34. The summed E-state index contributed by atoms with van der Waals surface area (Å²) in [5.41, 5.74) is 0.833. The molecule has 0 spiro atoms. The molecule has 2 aromatic rings. The van der Waals surface area contributed by atoms with Crippen LogP contribution in [0, 0.1) is 5.82 Å². The van der Waals surface area contributed by atoms with Crippen molar-refractivity contribution in [3.05, 3.63) is 53.2 Å². The molecule has 1 aliphatic heterocycles. The summed E-state index contributed by atoms with van der Waals surface area (Å²) in [4.78, 5) is 12.2. The Labute approximate surface area is 151 Å². The van der Waals surface area contributed by atoms with E-state index in [1.54, 1.807) is 12.1 Å². The van der Waals surface area contributed by atoms with Gasteiger partial charge in [-0.25, -0.2) is 12.8 Å². The predicted molar refractivity (Wildman–Crippen MR) is 92.2 cm³/mol. The van der Waals surface area contributed by atoms with Gasteiger partial charge in [-0.3, -0.25) is 4.79 Å². The van der Waals surface area contributed by atoms with Crippen molar-refractivity contribution >= 4 is 15.9 Å². The lowest BCUT2D eigenvalue weighted by atomic mass is 10.0. The van der Waals surface area contributed by atoms with E-state index in [4.69, 9.17) is 4.52 Å². The highest BCUT2D eigenvalue weighted by molar-refractivity contribution is 7.88. The van der Waals surface area contributed by atoms with Crippen molar-refractivity contribution in [3.63, 3.8) is 0 Å². The number of hydrogen-bond acceptors (Lipinski definition) is 5. The lowest BCUT2D eigenvalue weighted by Gasteiger charge is -2.31. The van der Waals surface area contributed by atoms with Crippen LogP contribution >= 0.6 is 0 Å². The average Bonchev–Trinajstić information content (AvgIpc) is 3.10. The maximum atomic E-state index is 12.9. The molecule has 1 amide bonds. The summed E-state index contributed by atoms with van der Waals surface area (Å²) in [6.45, 7) is 0.649. The summed E-state index contributed by atoms with van der Waals surface area (Å²) < 4.78 is 43.4. The van der Waals surface area contributed by atoms with Crippen LogP contribution in [0.3, 0.4) is 0 Å². The zero-order valence-corrected chi connectivity index (χ0v) is 15.1. The summed E-state index contributed by atoms with van der Waals surface area (Å²) in [6, 6.07) is 6.83. The number of carbonyl (C=O) groups is 1.